The number of imide groups is 1. The largest absolute Gasteiger partial charge is 0.478 e. The second kappa shape index (κ2) is 9.08. The maximum Gasteiger partial charge on any atom is 0.345 e. The van der Waals surface area contributed by atoms with Crippen LogP contribution in [0.25, 0.3) is 0 Å². The number of nitrogens with two attached hydrogens (primary N) is 1. The standard InChI is InChI=1S/C21H24N4O5/c1-21(2,3)16(19(27)28)30-15-10-8-14(9-11-15)24-20(29)25-18(26)13-6-4-12(5-7-13)17(22)23/h4-11,16H,1-3H3,(H3,22,23)(H,27,28)(H2,24,25,26,29). The maximum absolute atomic E-state index is 12.1. The number of urea groups is 1. The van der Waals surface area contributed by atoms with Crippen LogP contribution < -0.4 is 21.1 Å². The van der Waals surface area contributed by atoms with E-state index < -0.39 is 29.4 Å². The van der Waals surface area contributed by atoms with Crippen molar-refractivity contribution in [3.05, 3.63) is 59.7 Å². The molecule has 9 nitrogen and oxygen atoms in total. The minimum atomic E-state index is -1.07. The van der Waals surface area contributed by atoms with E-state index >= 15 is 0 Å². The first-order valence-corrected chi connectivity index (χ1v) is 9.03. The van der Waals surface area contributed by atoms with E-state index in [0.717, 1.165) is 0 Å². The molecule has 0 aromatic heterocycles. The van der Waals surface area contributed by atoms with E-state index in [2.05, 4.69) is 10.6 Å². The number of hydrogen-bond donors (Lipinski definition) is 5. The van der Waals surface area contributed by atoms with Gasteiger partial charge in [0, 0.05) is 22.2 Å². The highest BCUT2D eigenvalue weighted by atomic mass is 16.5. The van der Waals surface area contributed by atoms with E-state index in [-0.39, 0.29) is 11.4 Å². The third-order valence-electron chi connectivity index (χ3n) is 4.06. The summed E-state index contributed by atoms with van der Waals surface area (Å²) < 4.78 is 5.54. The van der Waals surface area contributed by atoms with Gasteiger partial charge < -0.3 is 20.9 Å². The van der Waals surface area contributed by atoms with Crippen LogP contribution in [0.5, 0.6) is 5.75 Å². The number of amidine groups is 1. The number of benzene rings is 2. The smallest absolute Gasteiger partial charge is 0.345 e. The summed E-state index contributed by atoms with van der Waals surface area (Å²) in [6.45, 7) is 5.28. The van der Waals surface area contributed by atoms with Gasteiger partial charge >= 0.3 is 12.0 Å². The van der Waals surface area contributed by atoms with Crippen molar-refractivity contribution in [1.29, 1.82) is 5.41 Å². The number of anilines is 1. The van der Waals surface area contributed by atoms with Crippen LogP contribution in [-0.2, 0) is 4.79 Å². The number of amides is 3. The summed E-state index contributed by atoms with van der Waals surface area (Å²) in [7, 11) is 0. The van der Waals surface area contributed by atoms with Gasteiger partial charge in [-0.3, -0.25) is 15.5 Å². The predicted molar refractivity (Wildman–Crippen MR) is 112 cm³/mol. The fourth-order valence-corrected chi connectivity index (χ4v) is 2.49. The number of nitrogens with one attached hydrogen (secondary N) is 3. The number of aliphatic carboxylic acids is 1. The molecule has 0 saturated carbocycles. The van der Waals surface area contributed by atoms with Crippen LogP contribution in [0.1, 0.15) is 36.7 Å². The molecule has 0 saturated heterocycles. The molecule has 30 heavy (non-hydrogen) atoms. The molecule has 0 aliphatic carbocycles. The monoisotopic (exact) mass is 412 g/mol. The molecule has 6 N–H and O–H groups in total. The van der Waals surface area contributed by atoms with Crippen molar-refractivity contribution < 1.29 is 24.2 Å². The number of carboxylic acid groups (broad SMARTS) is 1. The zero-order valence-electron chi connectivity index (χ0n) is 16.9. The summed E-state index contributed by atoms with van der Waals surface area (Å²) in [6, 6.07) is 11.3. The van der Waals surface area contributed by atoms with Crippen LogP contribution in [0.4, 0.5) is 10.5 Å². The van der Waals surface area contributed by atoms with Gasteiger partial charge in [0.05, 0.1) is 0 Å². The maximum atomic E-state index is 12.1. The van der Waals surface area contributed by atoms with E-state index in [9.17, 15) is 19.5 Å². The highest BCUT2D eigenvalue weighted by molar-refractivity contribution is 6.08. The molecule has 3 amide bonds. The quantitative estimate of drug-likeness (QED) is 0.363. The van der Waals surface area contributed by atoms with Crippen LogP contribution in [0.15, 0.2) is 48.5 Å². The van der Waals surface area contributed by atoms with Crippen molar-refractivity contribution in [2.24, 2.45) is 11.1 Å². The van der Waals surface area contributed by atoms with Crippen molar-refractivity contribution in [3.63, 3.8) is 0 Å². The van der Waals surface area contributed by atoms with Gasteiger partial charge in [-0.2, -0.15) is 0 Å². The number of hydrogen-bond acceptors (Lipinski definition) is 5. The second-order valence-corrected chi connectivity index (χ2v) is 7.63. The summed E-state index contributed by atoms with van der Waals surface area (Å²) in [5.41, 5.74) is 5.85. The molecule has 2 aromatic carbocycles. The van der Waals surface area contributed by atoms with E-state index in [4.69, 9.17) is 15.9 Å². The molecule has 1 unspecified atom stereocenters. The number of carbonyl (C=O) groups is 3. The lowest BCUT2D eigenvalue weighted by Gasteiger charge is -2.27. The fraction of sp³-hybridized carbons (Fsp3) is 0.238. The lowest BCUT2D eigenvalue weighted by molar-refractivity contribution is -0.150. The zero-order chi connectivity index (χ0) is 22.5. The summed E-state index contributed by atoms with van der Waals surface area (Å²) in [5, 5.41) is 21.4. The minimum absolute atomic E-state index is 0.121. The van der Waals surface area contributed by atoms with Crippen molar-refractivity contribution in [3.8, 4) is 5.75 Å². The number of carboxylic acids is 1. The van der Waals surface area contributed by atoms with Gasteiger partial charge in [-0.25, -0.2) is 9.59 Å². The van der Waals surface area contributed by atoms with E-state index in [1.165, 1.54) is 48.5 Å². The first-order valence-electron chi connectivity index (χ1n) is 9.03. The molecule has 2 aromatic rings. The SMILES string of the molecule is CC(C)(C)C(Oc1ccc(NC(=O)NC(=O)c2ccc(C(=N)N)cc2)cc1)C(=O)O. The summed E-state index contributed by atoms with van der Waals surface area (Å²) in [6.07, 6.45) is -1.04. The Labute approximate surface area is 173 Å². The third-order valence-corrected chi connectivity index (χ3v) is 4.06. The van der Waals surface area contributed by atoms with Gasteiger partial charge in [0.2, 0.25) is 0 Å². The molecule has 0 bridgehead atoms. The van der Waals surface area contributed by atoms with E-state index in [1.807, 2.05) is 0 Å². The Balaban J connectivity index is 1.96. The molecule has 0 fully saturated rings. The Morgan fingerprint density at radius 2 is 1.53 bits per heavy atom. The van der Waals surface area contributed by atoms with Crippen LogP contribution in [0.3, 0.4) is 0 Å². The van der Waals surface area contributed by atoms with E-state index in [0.29, 0.717) is 17.0 Å². The summed E-state index contributed by atoms with van der Waals surface area (Å²) in [4.78, 5) is 35.6. The fourth-order valence-electron chi connectivity index (χ4n) is 2.49. The lowest BCUT2D eigenvalue weighted by Crippen LogP contribution is -2.39. The van der Waals surface area contributed by atoms with E-state index in [1.54, 1.807) is 20.8 Å². The van der Waals surface area contributed by atoms with Crippen LogP contribution in [0.2, 0.25) is 0 Å². The summed E-state index contributed by atoms with van der Waals surface area (Å²) >= 11 is 0. The molecule has 0 aliphatic rings. The number of ether oxygens (including phenoxy) is 1. The number of nitrogen functional groups attached to an aromatic ring is 1. The zero-order valence-corrected chi connectivity index (χ0v) is 16.9. The van der Waals surface area contributed by atoms with Gasteiger partial charge in [-0.05, 0) is 36.4 Å². The Morgan fingerprint density at radius 1 is 1.00 bits per heavy atom. The average molecular weight is 412 g/mol. The van der Waals surface area contributed by atoms with Gasteiger partial charge in [-0.15, -0.1) is 0 Å². The van der Waals surface area contributed by atoms with Crippen LogP contribution in [-0.4, -0.2) is 35.0 Å². The molecule has 158 valence electrons. The second-order valence-electron chi connectivity index (χ2n) is 7.63. The van der Waals surface area contributed by atoms with Crippen molar-refractivity contribution in [2.45, 2.75) is 26.9 Å². The Kier molecular flexibility index (Phi) is 6.78. The molecule has 2 rings (SSSR count). The molecule has 0 radical (unpaired) electrons. The van der Waals surface area contributed by atoms with Gasteiger partial charge in [0.25, 0.3) is 5.91 Å². The van der Waals surface area contributed by atoms with Gasteiger partial charge in [-0.1, -0.05) is 32.9 Å². The molecule has 0 aliphatic heterocycles. The van der Waals surface area contributed by atoms with Crippen LogP contribution in [0, 0.1) is 10.8 Å². The topological polar surface area (TPSA) is 155 Å². The van der Waals surface area contributed by atoms with Crippen molar-refractivity contribution >= 4 is 29.4 Å². The molecular formula is C21H24N4O5. The lowest BCUT2D eigenvalue weighted by atomic mass is 9.89. The third kappa shape index (κ3) is 6.06. The Bertz CT molecular complexity index is 947. The molecule has 1 atom stereocenters. The van der Waals surface area contributed by atoms with Crippen LogP contribution >= 0.6 is 0 Å². The molecule has 0 spiro atoms. The Hall–Kier alpha value is -3.88. The predicted octanol–water partition coefficient (Wildman–Crippen LogP) is 2.81. The number of rotatable bonds is 6. The highest BCUT2D eigenvalue weighted by Crippen LogP contribution is 2.26. The van der Waals surface area contributed by atoms with Crippen molar-refractivity contribution in [1.82, 2.24) is 5.32 Å². The normalized spacial score (nSPS) is 11.8. The summed E-state index contributed by atoms with van der Waals surface area (Å²) in [5.74, 6) is -1.47. The first-order chi connectivity index (χ1) is 14.0. The molecule has 9 heteroatoms. The van der Waals surface area contributed by atoms with Gasteiger partial charge in [0.15, 0.2) is 6.10 Å². The average Bonchev–Trinajstić information content (AvgIpc) is 2.66. The highest BCUT2D eigenvalue weighted by Gasteiger charge is 2.33. The van der Waals surface area contributed by atoms with Crippen molar-refractivity contribution in [2.75, 3.05) is 5.32 Å². The molecular weight excluding hydrogens is 388 g/mol. The minimum Gasteiger partial charge on any atom is -0.478 e. The Morgan fingerprint density at radius 3 is 2.00 bits per heavy atom. The van der Waals surface area contributed by atoms with Gasteiger partial charge in [0.1, 0.15) is 11.6 Å². The number of carbonyl (C=O) groups excluding carboxylic acids is 2. The molecule has 0 heterocycles. The first kappa shape index (κ1) is 22.4.